The Kier molecular flexibility index (Phi) is 14.4. The molecule has 1 aromatic carbocycles. The van der Waals surface area contributed by atoms with Crippen molar-refractivity contribution in [2.24, 2.45) is 17.8 Å². The van der Waals surface area contributed by atoms with E-state index in [4.69, 9.17) is 14.7 Å². The maximum absolute atomic E-state index is 13.6. The van der Waals surface area contributed by atoms with Crippen molar-refractivity contribution in [3.05, 3.63) is 64.1 Å². The zero-order valence-electron chi connectivity index (χ0n) is 32.2. The number of aliphatic carboxylic acids is 1. The minimum Gasteiger partial charge on any atom is -0.480 e. The number of nitrogens with zero attached hydrogens (tertiary/aromatic N) is 3. The lowest BCUT2D eigenvalue weighted by molar-refractivity contribution is -0.142. The summed E-state index contributed by atoms with van der Waals surface area (Å²) in [7, 11) is 1.55. The van der Waals surface area contributed by atoms with Crippen LogP contribution < -0.4 is 15.5 Å². The summed E-state index contributed by atoms with van der Waals surface area (Å²) >= 11 is 1.39. The van der Waals surface area contributed by atoms with E-state index in [-0.39, 0.29) is 24.2 Å². The maximum Gasteiger partial charge on any atom is 0.326 e. The Morgan fingerprint density at radius 1 is 0.925 bits per heavy atom. The lowest BCUT2D eigenvalue weighted by atomic mass is 9.72. The first-order valence-corrected chi connectivity index (χ1v) is 20.4. The van der Waals surface area contributed by atoms with Gasteiger partial charge in [-0.3, -0.25) is 9.59 Å². The first-order valence-electron chi connectivity index (χ1n) is 19.5. The zero-order chi connectivity index (χ0) is 38.0. The molecule has 2 aliphatic rings. The fourth-order valence-corrected chi connectivity index (χ4v) is 8.87. The van der Waals surface area contributed by atoms with Crippen LogP contribution in [0.2, 0.25) is 0 Å². The number of hydrogen-bond donors (Lipinski definition) is 3. The monoisotopic (exact) mass is 745 g/mol. The van der Waals surface area contributed by atoms with Gasteiger partial charge in [0.15, 0.2) is 5.82 Å². The molecule has 53 heavy (non-hydrogen) atoms. The van der Waals surface area contributed by atoms with Crippen LogP contribution in [0.3, 0.4) is 0 Å². The Morgan fingerprint density at radius 2 is 1.58 bits per heavy atom. The van der Waals surface area contributed by atoms with E-state index in [0.717, 1.165) is 52.5 Å². The summed E-state index contributed by atoms with van der Waals surface area (Å²) < 4.78 is 5.06. The molecule has 0 bridgehead atoms. The van der Waals surface area contributed by atoms with E-state index in [2.05, 4.69) is 43.2 Å². The number of thiophene rings is 1. The van der Waals surface area contributed by atoms with Crippen LogP contribution >= 0.6 is 11.3 Å². The fourth-order valence-electron chi connectivity index (χ4n) is 7.91. The van der Waals surface area contributed by atoms with Gasteiger partial charge in [0.05, 0.1) is 23.0 Å². The Hall–Kier alpha value is -3.83. The van der Waals surface area contributed by atoms with Gasteiger partial charge in [-0.1, -0.05) is 77.6 Å². The number of amides is 2. The second-order valence-electron chi connectivity index (χ2n) is 16.0. The van der Waals surface area contributed by atoms with E-state index < -0.39 is 24.0 Å². The van der Waals surface area contributed by atoms with E-state index in [9.17, 15) is 19.5 Å². The number of nitrogens with one attached hydrogen (secondary N) is 2. The average Bonchev–Trinajstić information content (AvgIpc) is 3.67. The van der Waals surface area contributed by atoms with Crippen LogP contribution in [0.1, 0.15) is 112 Å². The largest absolute Gasteiger partial charge is 0.480 e. The highest BCUT2D eigenvalue weighted by Crippen LogP contribution is 2.39. The molecule has 11 heteroatoms. The summed E-state index contributed by atoms with van der Waals surface area (Å²) in [4.78, 5) is 52.3. The summed E-state index contributed by atoms with van der Waals surface area (Å²) in [6.07, 6.45) is 15.5. The number of carbonyl (C=O) groups is 3. The number of benzene rings is 1. The summed E-state index contributed by atoms with van der Waals surface area (Å²) in [5.41, 5.74) is 2.59. The lowest BCUT2D eigenvalue weighted by Crippen LogP contribution is -2.52. The van der Waals surface area contributed by atoms with Crippen molar-refractivity contribution in [2.75, 3.05) is 31.7 Å². The third-order valence-corrected chi connectivity index (χ3v) is 12.6. The second-order valence-corrected chi connectivity index (χ2v) is 17.1. The highest BCUT2D eigenvalue weighted by Gasteiger charge is 2.31. The molecule has 2 atom stereocenters. The minimum atomic E-state index is -1.13. The van der Waals surface area contributed by atoms with E-state index in [1.54, 1.807) is 13.2 Å². The third-order valence-electron chi connectivity index (χ3n) is 11.1. The molecule has 2 fully saturated rings. The molecule has 0 radical (unpaired) electrons. The van der Waals surface area contributed by atoms with Gasteiger partial charge >= 0.3 is 5.97 Å². The number of carbonyl (C=O) groups excluding carboxylic acids is 2. The van der Waals surface area contributed by atoms with Gasteiger partial charge < -0.3 is 25.4 Å². The van der Waals surface area contributed by atoms with E-state index in [0.29, 0.717) is 23.7 Å². The standard InChI is InChI=1S/C42H59N5O5S/c1-6-8-28-10-14-30(15-11-28)31-20-22-47(23-21-31)33-26-43-38(44-27-33)32-16-12-29(13-17-32)25-35(39(48)45-34(41(50)51)9-7-24-52-5)46-40(49)36-18-19-37(53-36)42(2,3)4/h12-13,16-19,26-28,30-31,34-35H,6-11,14-15,20-25H2,1-5H3,(H,45,48)(H,46,49)(H,50,51)/t28-,30-,34?,35-/m0/s1. The number of rotatable bonds is 16. The molecule has 1 aliphatic carbocycles. The van der Waals surface area contributed by atoms with Gasteiger partial charge in [0.1, 0.15) is 12.1 Å². The second kappa shape index (κ2) is 19.0. The average molecular weight is 746 g/mol. The number of carboxylic acids is 1. The van der Waals surface area contributed by atoms with Crippen molar-refractivity contribution in [3.63, 3.8) is 0 Å². The summed E-state index contributed by atoms with van der Waals surface area (Å²) in [5, 5.41) is 15.3. The number of methoxy groups -OCH3 is 1. The quantitative estimate of drug-likeness (QED) is 0.127. The topological polar surface area (TPSA) is 134 Å². The van der Waals surface area contributed by atoms with Crippen LogP contribution in [0, 0.1) is 17.8 Å². The zero-order valence-corrected chi connectivity index (χ0v) is 33.1. The molecule has 1 saturated heterocycles. The molecule has 2 aromatic heterocycles. The Labute approximate surface area is 319 Å². The maximum atomic E-state index is 13.6. The van der Waals surface area contributed by atoms with Crippen LogP contribution in [-0.2, 0) is 26.2 Å². The van der Waals surface area contributed by atoms with Crippen molar-refractivity contribution in [1.82, 2.24) is 20.6 Å². The molecule has 3 N–H and O–H groups in total. The smallest absolute Gasteiger partial charge is 0.326 e. The number of carboxylic acid groups (broad SMARTS) is 1. The molecular weight excluding hydrogens is 687 g/mol. The van der Waals surface area contributed by atoms with Crippen molar-refractivity contribution >= 4 is 34.8 Å². The number of hydrogen-bond acceptors (Lipinski definition) is 8. The molecule has 2 amide bonds. The predicted molar refractivity (Wildman–Crippen MR) is 211 cm³/mol. The van der Waals surface area contributed by atoms with E-state index >= 15 is 0 Å². The minimum absolute atomic E-state index is 0.119. The third kappa shape index (κ3) is 11.3. The number of piperidine rings is 1. The number of anilines is 1. The van der Waals surface area contributed by atoms with Gasteiger partial charge in [0.25, 0.3) is 5.91 Å². The summed E-state index contributed by atoms with van der Waals surface area (Å²) in [6.45, 7) is 11.0. The van der Waals surface area contributed by atoms with Crippen LogP contribution in [-0.4, -0.2) is 71.7 Å². The molecule has 5 rings (SSSR count). The first-order chi connectivity index (χ1) is 25.4. The molecule has 3 heterocycles. The molecule has 1 aliphatic heterocycles. The van der Waals surface area contributed by atoms with Crippen LogP contribution in [0.25, 0.3) is 11.4 Å². The van der Waals surface area contributed by atoms with E-state index in [1.807, 2.05) is 42.7 Å². The molecule has 10 nitrogen and oxygen atoms in total. The fraction of sp³-hybridized carbons (Fsp3) is 0.595. The molecule has 288 valence electrons. The Morgan fingerprint density at radius 3 is 2.17 bits per heavy atom. The van der Waals surface area contributed by atoms with Gasteiger partial charge in [-0.05, 0) is 79.4 Å². The highest BCUT2D eigenvalue weighted by atomic mass is 32.1. The molecular formula is C42H59N5O5S. The Balaban J connectivity index is 1.21. The van der Waals surface area contributed by atoms with Crippen LogP contribution in [0.5, 0.6) is 0 Å². The van der Waals surface area contributed by atoms with Gasteiger partial charge in [-0.2, -0.15) is 0 Å². The SMILES string of the molecule is CCC[C@H]1CC[C@H](C2CCN(c3cnc(-c4ccc(C[C@H](NC(=O)c5ccc(C(C)(C)C)s5)C(=O)NC(CCCOC)C(=O)O)cc4)nc3)CC2)CC1. The first kappa shape index (κ1) is 40.4. The molecule has 1 unspecified atom stereocenters. The molecule has 0 spiro atoms. The van der Waals surface area contributed by atoms with Gasteiger partial charge in [-0.25, -0.2) is 14.8 Å². The van der Waals surface area contributed by atoms with Crippen LogP contribution in [0.4, 0.5) is 5.69 Å². The molecule has 1 saturated carbocycles. The van der Waals surface area contributed by atoms with Crippen molar-refractivity contribution in [3.8, 4) is 11.4 Å². The van der Waals surface area contributed by atoms with Crippen molar-refractivity contribution in [1.29, 1.82) is 0 Å². The lowest BCUT2D eigenvalue weighted by Gasteiger charge is -2.39. The normalized spacial score (nSPS) is 19.4. The van der Waals surface area contributed by atoms with Crippen LogP contribution in [0.15, 0.2) is 48.8 Å². The van der Waals surface area contributed by atoms with Gasteiger partial charge in [-0.15, -0.1) is 11.3 Å². The summed E-state index contributed by atoms with van der Waals surface area (Å²) in [5.74, 6) is 1.24. The predicted octanol–water partition coefficient (Wildman–Crippen LogP) is 7.66. The number of ether oxygens (including phenoxy) is 1. The van der Waals surface area contributed by atoms with Crippen molar-refractivity contribution < 1.29 is 24.2 Å². The van der Waals surface area contributed by atoms with Gasteiger partial charge in [0, 0.05) is 43.7 Å². The summed E-state index contributed by atoms with van der Waals surface area (Å²) in [6, 6.07) is 9.24. The van der Waals surface area contributed by atoms with Gasteiger partial charge in [0.2, 0.25) is 5.91 Å². The van der Waals surface area contributed by atoms with Crippen molar-refractivity contribution in [2.45, 2.75) is 116 Å². The highest BCUT2D eigenvalue weighted by molar-refractivity contribution is 7.14. The number of aromatic nitrogens is 2. The Bertz CT molecular complexity index is 1620. The molecule has 3 aromatic rings. The van der Waals surface area contributed by atoms with E-state index in [1.165, 1.54) is 62.7 Å².